The van der Waals surface area contributed by atoms with E-state index in [4.69, 9.17) is 11.6 Å². The monoisotopic (exact) mass is 248 g/mol. The number of hydrogen-bond donors (Lipinski definition) is 0. The zero-order valence-electron chi connectivity index (χ0n) is 9.54. The van der Waals surface area contributed by atoms with Crippen molar-refractivity contribution in [2.75, 3.05) is 6.26 Å². The molecule has 86 valence electrons. The minimum Gasteiger partial charge on any atom is -0.224 e. The molecule has 0 unspecified atom stereocenters. The van der Waals surface area contributed by atoms with E-state index in [0.717, 1.165) is 5.56 Å². The molecular formula is C11H17ClO2S. The Balaban J connectivity index is 0.000000921. The fourth-order valence-electron chi connectivity index (χ4n) is 1.17. The molecule has 0 N–H and O–H groups in total. The van der Waals surface area contributed by atoms with E-state index >= 15 is 0 Å². The molecule has 2 nitrogen and oxygen atoms in total. The summed E-state index contributed by atoms with van der Waals surface area (Å²) >= 11 is 5.72. The van der Waals surface area contributed by atoms with Crippen LogP contribution in [0.1, 0.15) is 26.3 Å². The molecule has 15 heavy (non-hydrogen) atoms. The molecule has 0 aromatic heterocycles. The van der Waals surface area contributed by atoms with Crippen molar-refractivity contribution in [3.63, 3.8) is 0 Å². The van der Waals surface area contributed by atoms with Crippen LogP contribution < -0.4 is 0 Å². The van der Waals surface area contributed by atoms with Crippen LogP contribution in [0.3, 0.4) is 0 Å². The summed E-state index contributed by atoms with van der Waals surface area (Å²) in [7, 11) is -3.15. The molecule has 1 aromatic carbocycles. The second-order valence-corrected chi connectivity index (χ2v) is 5.30. The first kappa shape index (κ1) is 14.5. The van der Waals surface area contributed by atoms with Crippen LogP contribution >= 0.6 is 11.6 Å². The molecule has 0 aliphatic heterocycles. The number of halogens is 1. The molecular weight excluding hydrogens is 232 g/mol. The highest BCUT2D eigenvalue weighted by molar-refractivity contribution is 7.90. The van der Waals surface area contributed by atoms with Crippen LogP contribution in [0.15, 0.2) is 23.1 Å². The van der Waals surface area contributed by atoms with E-state index in [9.17, 15) is 8.42 Å². The number of hydrogen-bond acceptors (Lipinski definition) is 2. The van der Waals surface area contributed by atoms with Crippen molar-refractivity contribution >= 4 is 21.4 Å². The molecule has 0 spiro atoms. The van der Waals surface area contributed by atoms with Crippen LogP contribution in [0.4, 0.5) is 0 Å². The predicted octanol–water partition coefficient (Wildman–Crippen LogP) is 3.33. The third kappa shape index (κ3) is 4.22. The smallest absolute Gasteiger partial charge is 0.175 e. The van der Waals surface area contributed by atoms with Crippen molar-refractivity contribution in [1.29, 1.82) is 0 Å². The Hall–Kier alpha value is -0.540. The summed E-state index contributed by atoms with van der Waals surface area (Å²) in [6, 6.07) is 4.95. The number of sulfone groups is 1. The molecule has 0 amide bonds. The Morgan fingerprint density at radius 2 is 1.80 bits per heavy atom. The predicted molar refractivity (Wildman–Crippen MR) is 65.3 cm³/mol. The fourth-order valence-corrected chi connectivity index (χ4v) is 2.43. The van der Waals surface area contributed by atoms with Gasteiger partial charge >= 0.3 is 0 Å². The van der Waals surface area contributed by atoms with Crippen molar-refractivity contribution in [3.8, 4) is 0 Å². The molecule has 0 aliphatic carbocycles. The SMILES string of the molecule is CC.CCc1ccc(Cl)cc1S(C)(=O)=O. The van der Waals surface area contributed by atoms with E-state index in [1.807, 2.05) is 20.8 Å². The van der Waals surface area contributed by atoms with E-state index in [1.54, 1.807) is 12.1 Å². The van der Waals surface area contributed by atoms with E-state index in [-0.39, 0.29) is 0 Å². The lowest BCUT2D eigenvalue weighted by Gasteiger charge is -2.05. The van der Waals surface area contributed by atoms with Crippen molar-refractivity contribution in [2.45, 2.75) is 32.1 Å². The summed E-state index contributed by atoms with van der Waals surface area (Å²) in [4.78, 5) is 0.336. The van der Waals surface area contributed by atoms with Gasteiger partial charge in [0.2, 0.25) is 0 Å². The van der Waals surface area contributed by atoms with Gasteiger partial charge in [0.05, 0.1) is 4.90 Å². The second-order valence-electron chi connectivity index (χ2n) is 2.88. The molecule has 1 rings (SSSR count). The fraction of sp³-hybridized carbons (Fsp3) is 0.455. The second kappa shape index (κ2) is 6.13. The number of benzene rings is 1. The Kier molecular flexibility index (Phi) is 5.91. The first-order chi connectivity index (χ1) is 6.95. The summed E-state index contributed by atoms with van der Waals surface area (Å²) in [5, 5.41) is 0.456. The summed E-state index contributed by atoms with van der Waals surface area (Å²) in [5.41, 5.74) is 0.812. The van der Waals surface area contributed by atoms with Crippen molar-refractivity contribution in [1.82, 2.24) is 0 Å². The average molecular weight is 249 g/mol. The van der Waals surface area contributed by atoms with E-state index in [0.29, 0.717) is 16.3 Å². The van der Waals surface area contributed by atoms with Crippen molar-refractivity contribution < 1.29 is 8.42 Å². The van der Waals surface area contributed by atoms with Gasteiger partial charge in [0, 0.05) is 11.3 Å². The molecule has 0 bridgehead atoms. The first-order valence-corrected chi connectivity index (χ1v) is 7.20. The Morgan fingerprint density at radius 1 is 1.27 bits per heavy atom. The molecule has 0 aliphatic rings. The van der Waals surface area contributed by atoms with Gasteiger partial charge < -0.3 is 0 Å². The molecule has 0 saturated heterocycles. The van der Waals surface area contributed by atoms with Gasteiger partial charge in [-0.1, -0.05) is 38.4 Å². The average Bonchev–Trinajstić information content (AvgIpc) is 2.19. The zero-order chi connectivity index (χ0) is 12.1. The summed E-state index contributed by atoms with van der Waals surface area (Å²) in [5.74, 6) is 0. The minimum absolute atomic E-state index is 0.336. The highest BCUT2D eigenvalue weighted by Crippen LogP contribution is 2.20. The van der Waals surface area contributed by atoms with Gasteiger partial charge in [-0.15, -0.1) is 0 Å². The third-order valence-corrected chi connectivity index (χ3v) is 3.22. The number of aryl methyl sites for hydroxylation is 1. The van der Waals surface area contributed by atoms with Gasteiger partial charge in [0.25, 0.3) is 0 Å². The summed E-state index contributed by atoms with van der Waals surface area (Å²) in [6.45, 7) is 5.91. The van der Waals surface area contributed by atoms with E-state index in [1.165, 1.54) is 12.3 Å². The van der Waals surface area contributed by atoms with Crippen molar-refractivity contribution in [2.24, 2.45) is 0 Å². The van der Waals surface area contributed by atoms with Gasteiger partial charge in [0.1, 0.15) is 0 Å². The van der Waals surface area contributed by atoms with Gasteiger partial charge in [-0.3, -0.25) is 0 Å². The van der Waals surface area contributed by atoms with Gasteiger partial charge in [-0.05, 0) is 24.1 Å². The van der Waals surface area contributed by atoms with Gasteiger partial charge in [-0.2, -0.15) is 0 Å². The first-order valence-electron chi connectivity index (χ1n) is 4.93. The molecule has 0 saturated carbocycles. The van der Waals surface area contributed by atoms with Crippen LogP contribution in [0.25, 0.3) is 0 Å². The Labute approximate surface area is 97.2 Å². The van der Waals surface area contributed by atoms with Gasteiger partial charge in [-0.25, -0.2) is 8.42 Å². The van der Waals surface area contributed by atoms with Crippen molar-refractivity contribution in [3.05, 3.63) is 28.8 Å². The Morgan fingerprint density at radius 3 is 2.20 bits per heavy atom. The quantitative estimate of drug-likeness (QED) is 0.805. The maximum atomic E-state index is 11.3. The van der Waals surface area contributed by atoms with Crippen LogP contribution in [-0.4, -0.2) is 14.7 Å². The topological polar surface area (TPSA) is 34.1 Å². The normalized spacial score (nSPS) is 10.5. The maximum absolute atomic E-state index is 11.3. The standard InChI is InChI=1S/C9H11ClO2S.C2H6/c1-3-7-4-5-8(10)6-9(7)13(2,11)12;1-2/h4-6H,3H2,1-2H3;1-2H3. The van der Waals surface area contributed by atoms with E-state index < -0.39 is 9.84 Å². The van der Waals surface area contributed by atoms with Gasteiger partial charge in [0.15, 0.2) is 9.84 Å². The maximum Gasteiger partial charge on any atom is 0.175 e. The molecule has 0 heterocycles. The highest BCUT2D eigenvalue weighted by atomic mass is 35.5. The van der Waals surface area contributed by atoms with Crippen LogP contribution in [0.5, 0.6) is 0 Å². The molecule has 0 atom stereocenters. The lowest BCUT2D eigenvalue weighted by molar-refractivity contribution is 0.601. The largest absolute Gasteiger partial charge is 0.224 e. The Bertz CT molecular complexity index is 411. The van der Waals surface area contributed by atoms with Crippen LogP contribution in [0, 0.1) is 0 Å². The highest BCUT2D eigenvalue weighted by Gasteiger charge is 2.12. The molecule has 0 fully saturated rings. The lowest BCUT2D eigenvalue weighted by Crippen LogP contribution is -2.01. The summed E-state index contributed by atoms with van der Waals surface area (Å²) in [6.07, 6.45) is 1.89. The molecule has 0 radical (unpaired) electrons. The van der Waals surface area contributed by atoms with Crippen LogP contribution in [0.2, 0.25) is 5.02 Å². The summed E-state index contributed by atoms with van der Waals surface area (Å²) < 4.78 is 22.6. The van der Waals surface area contributed by atoms with E-state index in [2.05, 4.69) is 0 Å². The zero-order valence-corrected chi connectivity index (χ0v) is 11.1. The molecule has 4 heteroatoms. The third-order valence-electron chi connectivity index (χ3n) is 1.81. The number of rotatable bonds is 2. The minimum atomic E-state index is -3.15. The van der Waals surface area contributed by atoms with Crippen LogP contribution in [-0.2, 0) is 16.3 Å². The molecule has 1 aromatic rings. The lowest BCUT2D eigenvalue weighted by atomic mass is 10.2.